The zero-order chi connectivity index (χ0) is 31.5. The van der Waals surface area contributed by atoms with Crippen LogP contribution in [0, 0.1) is 0 Å². The Kier molecular flexibility index (Phi) is 20.4. The van der Waals surface area contributed by atoms with Gasteiger partial charge in [-0.2, -0.15) is 0 Å². The fourth-order valence-electron chi connectivity index (χ4n) is 5.11. The molecule has 0 saturated carbocycles. The number of ketones is 1. The van der Waals surface area contributed by atoms with E-state index in [0.29, 0.717) is 23.6 Å². The number of nitrogens with zero attached hydrogens (tertiary/aromatic N) is 1. The molecule has 1 atom stereocenters. The molecular formula is C35H49KN2O6S. The zero-order valence-corrected chi connectivity index (χ0v) is 31.1. The third-order valence-electron chi connectivity index (χ3n) is 7.80. The molecule has 0 fully saturated rings. The third-order valence-corrected chi connectivity index (χ3v) is 8.63. The van der Waals surface area contributed by atoms with E-state index in [2.05, 4.69) is 17.4 Å². The van der Waals surface area contributed by atoms with Gasteiger partial charge in [-0.15, -0.1) is 0 Å². The molecule has 10 heteroatoms. The van der Waals surface area contributed by atoms with Crippen molar-refractivity contribution in [3.05, 3.63) is 66.4 Å². The number of hydrogen-bond donors (Lipinski definition) is 1. The van der Waals surface area contributed by atoms with Gasteiger partial charge in [0.2, 0.25) is 0 Å². The molecule has 0 aliphatic carbocycles. The average molecular weight is 665 g/mol. The molecule has 8 nitrogen and oxygen atoms in total. The molecule has 1 heterocycles. The summed E-state index contributed by atoms with van der Waals surface area (Å²) < 4.78 is 39.8. The number of nitrogens with one attached hydrogen (secondary N) is 1. The second-order valence-electron chi connectivity index (χ2n) is 11.5. The van der Waals surface area contributed by atoms with Crippen LogP contribution in [-0.4, -0.2) is 37.2 Å². The SMILES string of the molecule is CCCCCCCCCCCCCCCCCCOc1ccc(C(=O)C(ONc2cccc(S(=O)(=O)[O-])c2)C2=NC=C2)cc1.[K+]. The topological polar surface area (TPSA) is 117 Å². The Bertz CT molecular complexity index is 1300. The molecule has 2 aromatic rings. The maximum atomic E-state index is 13.2. The van der Waals surface area contributed by atoms with Gasteiger partial charge in [-0.25, -0.2) is 8.42 Å². The van der Waals surface area contributed by atoms with E-state index < -0.39 is 21.1 Å². The molecule has 1 unspecified atom stereocenters. The average Bonchev–Trinajstić information content (AvgIpc) is 2.99. The number of carbonyl (C=O) groups excluding carboxylic acids is 1. The van der Waals surface area contributed by atoms with Gasteiger partial charge in [-0.1, -0.05) is 109 Å². The van der Waals surface area contributed by atoms with E-state index in [1.165, 1.54) is 108 Å². The van der Waals surface area contributed by atoms with Crippen LogP contribution in [0.2, 0.25) is 0 Å². The third kappa shape index (κ3) is 15.8. The number of carbonyl (C=O) groups is 1. The van der Waals surface area contributed by atoms with E-state index in [-0.39, 0.29) is 62.9 Å². The van der Waals surface area contributed by atoms with Crippen LogP contribution >= 0.6 is 0 Å². The molecule has 45 heavy (non-hydrogen) atoms. The minimum atomic E-state index is -4.62. The van der Waals surface area contributed by atoms with E-state index in [1.54, 1.807) is 36.5 Å². The largest absolute Gasteiger partial charge is 1.00 e. The van der Waals surface area contributed by atoms with Gasteiger partial charge < -0.3 is 9.29 Å². The second kappa shape index (κ2) is 23.0. The zero-order valence-electron chi connectivity index (χ0n) is 27.2. The van der Waals surface area contributed by atoms with Crippen LogP contribution in [0.25, 0.3) is 0 Å². The number of hydrogen-bond acceptors (Lipinski definition) is 8. The van der Waals surface area contributed by atoms with Crippen molar-refractivity contribution in [1.82, 2.24) is 0 Å². The molecule has 0 spiro atoms. The smallest absolute Gasteiger partial charge is 0.744 e. The van der Waals surface area contributed by atoms with E-state index >= 15 is 0 Å². The molecule has 1 aliphatic rings. The molecule has 0 amide bonds. The first kappa shape index (κ1) is 39.8. The van der Waals surface area contributed by atoms with Crippen LogP contribution in [-0.2, 0) is 15.0 Å². The number of unbranched alkanes of at least 4 members (excludes halogenated alkanes) is 15. The van der Waals surface area contributed by atoms with E-state index in [1.807, 2.05) is 0 Å². The van der Waals surface area contributed by atoms with Gasteiger partial charge in [0.1, 0.15) is 15.9 Å². The number of aliphatic imine (C=N–C) groups is 1. The first-order valence-corrected chi connectivity index (χ1v) is 17.8. The second-order valence-corrected chi connectivity index (χ2v) is 12.9. The quantitative estimate of drug-likeness (QED) is 0.0469. The molecule has 0 radical (unpaired) electrons. The number of Topliss-reactive ketones (excluding diaryl/α,β-unsaturated/α-hetero) is 1. The normalized spacial score (nSPS) is 13.0. The van der Waals surface area contributed by atoms with Gasteiger partial charge in [0, 0.05) is 11.8 Å². The van der Waals surface area contributed by atoms with Crippen molar-refractivity contribution in [2.75, 3.05) is 12.1 Å². The van der Waals surface area contributed by atoms with Crippen LogP contribution in [0.15, 0.2) is 70.7 Å². The van der Waals surface area contributed by atoms with Gasteiger partial charge in [-0.3, -0.25) is 20.1 Å². The molecular weight excluding hydrogens is 616 g/mol. The van der Waals surface area contributed by atoms with Crippen molar-refractivity contribution < 1.29 is 78.7 Å². The van der Waals surface area contributed by atoms with Crippen molar-refractivity contribution in [3.63, 3.8) is 0 Å². The fraction of sp³-hybridized carbons (Fsp3) is 0.543. The van der Waals surface area contributed by atoms with Crippen molar-refractivity contribution >= 4 is 27.3 Å². The summed E-state index contributed by atoms with van der Waals surface area (Å²) in [4.78, 5) is 22.5. The summed E-state index contributed by atoms with van der Waals surface area (Å²) in [6.07, 6.45) is 23.4. The molecule has 1 aliphatic heterocycles. The number of benzene rings is 2. The van der Waals surface area contributed by atoms with Gasteiger partial charge >= 0.3 is 51.4 Å². The van der Waals surface area contributed by atoms with E-state index in [0.717, 1.165) is 18.9 Å². The Balaban J connectivity index is 0.00000705. The summed E-state index contributed by atoms with van der Waals surface area (Å²) in [5.41, 5.74) is 3.65. The van der Waals surface area contributed by atoms with Gasteiger partial charge in [0.25, 0.3) is 0 Å². The molecule has 1 N–H and O–H groups in total. The maximum Gasteiger partial charge on any atom is 1.00 e. The first-order valence-electron chi connectivity index (χ1n) is 16.4. The summed E-state index contributed by atoms with van der Waals surface area (Å²) in [5.74, 6) is 0.382. The molecule has 242 valence electrons. The van der Waals surface area contributed by atoms with Gasteiger partial charge in [0.05, 0.1) is 22.9 Å². The summed E-state index contributed by atoms with van der Waals surface area (Å²) >= 11 is 0. The van der Waals surface area contributed by atoms with Crippen molar-refractivity contribution in [1.29, 1.82) is 0 Å². The number of anilines is 1. The summed E-state index contributed by atoms with van der Waals surface area (Å²) in [6.45, 7) is 2.91. The summed E-state index contributed by atoms with van der Waals surface area (Å²) in [5, 5.41) is 0. The fourth-order valence-corrected chi connectivity index (χ4v) is 5.63. The molecule has 3 rings (SSSR count). The monoisotopic (exact) mass is 664 g/mol. The predicted octanol–water partition coefficient (Wildman–Crippen LogP) is 5.80. The Morgan fingerprint density at radius 3 is 1.84 bits per heavy atom. The van der Waals surface area contributed by atoms with Gasteiger partial charge in [0.15, 0.2) is 11.9 Å². The first-order chi connectivity index (χ1) is 21.4. The Morgan fingerprint density at radius 2 is 1.36 bits per heavy atom. The summed E-state index contributed by atoms with van der Waals surface area (Å²) in [7, 11) is -4.62. The maximum absolute atomic E-state index is 13.2. The molecule has 0 saturated heterocycles. The van der Waals surface area contributed by atoms with Crippen molar-refractivity contribution in [3.8, 4) is 5.75 Å². The predicted molar refractivity (Wildman–Crippen MR) is 175 cm³/mol. The van der Waals surface area contributed by atoms with Crippen LogP contribution in [0.5, 0.6) is 5.75 Å². The summed E-state index contributed by atoms with van der Waals surface area (Å²) in [6, 6.07) is 12.2. The Labute approximate surface area is 313 Å². The minimum Gasteiger partial charge on any atom is -0.744 e. The molecule has 0 bridgehead atoms. The Hall–Kier alpha value is -1.37. The number of rotatable bonds is 25. The van der Waals surface area contributed by atoms with Crippen molar-refractivity contribution in [2.45, 2.75) is 121 Å². The number of ether oxygens (including phenoxy) is 1. The Morgan fingerprint density at radius 1 is 0.822 bits per heavy atom. The standard InChI is InChI=1S/C35H50N2O6S.K/c1-2-3-4-5-6-7-8-9-10-11-12-13-14-15-16-17-27-42-31-23-21-29(22-24-31)34(38)35(33-25-26-36-33)43-37-30-19-18-20-32(28-30)44(39,40)41;/h18-26,28,35,37H,2-17,27H2,1H3,(H,39,40,41);/q;+1/p-1. The van der Waals surface area contributed by atoms with Gasteiger partial charge in [-0.05, 0) is 55.0 Å². The van der Waals surface area contributed by atoms with E-state index in [9.17, 15) is 17.8 Å². The minimum absolute atomic E-state index is 0. The molecule has 0 aromatic heterocycles. The van der Waals surface area contributed by atoms with Crippen LogP contribution in [0.1, 0.15) is 120 Å². The van der Waals surface area contributed by atoms with Crippen LogP contribution in [0.3, 0.4) is 0 Å². The van der Waals surface area contributed by atoms with E-state index in [4.69, 9.17) is 9.57 Å². The molecule has 2 aromatic carbocycles. The van der Waals surface area contributed by atoms with Crippen LogP contribution < -0.4 is 61.6 Å². The van der Waals surface area contributed by atoms with Crippen LogP contribution in [0.4, 0.5) is 5.69 Å². The van der Waals surface area contributed by atoms with Crippen molar-refractivity contribution in [2.24, 2.45) is 4.99 Å².